The van der Waals surface area contributed by atoms with Gasteiger partial charge in [0.05, 0.1) is 0 Å². The molecule has 5 nitrogen and oxygen atoms in total. The molecule has 0 aliphatic carbocycles. The Bertz CT molecular complexity index is 448. The van der Waals surface area contributed by atoms with Crippen molar-refractivity contribution < 1.29 is 9.90 Å². The number of benzene rings is 1. The number of likely N-dealkylation sites (tertiary alicyclic amines) is 1. The smallest absolute Gasteiger partial charge is 0.322 e. The largest absolute Gasteiger partial charge is 0.396 e. The van der Waals surface area contributed by atoms with Crippen molar-refractivity contribution in [1.82, 2.24) is 4.90 Å². The summed E-state index contributed by atoms with van der Waals surface area (Å²) in [6, 6.07) is 7.64. The number of nitrogens with one attached hydrogen (secondary N) is 1. The summed E-state index contributed by atoms with van der Waals surface area (Å²) in [4.78, 5) is 14.2. The van der Waals surface area contributed by atoms with Gasteiger partial charge in [0.1, 0.15) is 0 Å². The third-order valence-corrected chi connectivity index (χ3v) is 3.76. The molecule has 1 heterocycles. The Kier molecular flexibility index (Phi) is 5.38. The Hall–Kier alpha value is -1.59. The van der Waals surface area contributed by atoms with Crippen LogP contribution in [-0.2, 0) is 6.54 Å². The maximum atomic E-state index is 12.4. The summed E-state index contributed by atoms with van der Waals surface area (Å²) in [7, 11) is 0. The highest BCUT2D eigenvalue weighted by molar-refractivity contribution is 5.89. The first-order chi connectivity index (χ1) is 9.74. The lowest BCUT2D eigenvalue weighted by Gasteiger charge is -2.35. The molecule has 0 spiro atoms. The Morgan fingerprint density at radius 3 is 3.05 bits per heavy atom. The van der Waals surface area contributed by atoms with E-state index < -0.39 is 0 Å². The van der Waals surface area contributed by atoms with Gasteiger partial charge in [0.15, 0.2) is 0 Å². The van der Waals surface area contributed by atoms with Gasteiger partial charge in [-0.25, -0.2) is 4.79 Å². The molecular formula is C15H23N3O2. The Balaban J connectivity index is 2.01. The molecule has 2 amide bonds. The van der Waals surface area contributed by atoms with Crippen LogP contribution in [0.5, 0.6) is 0 Å². The molecule has 1 aromatic rings. The van der Waals surface area contributed by atoms with Crippen molar-refractivity contribution in [1.29, 1.82) is 0 Å². The molecule has 110 valence electrons. The highest BCUT2D eigenvalue weighted by atomic mass is 16.3. The zero-order valence-corrected chi connectivity index (χ0v) is 11.7. The van der Waals surface area contributed by atoms with E-state index in [1.54, 1.807) is 0 Å². The quantitative estimate of drug-likeness (QED) is 0.786. The van der Waals surface area contributed by atoms with E-state index in [2.05, 4.69) is 5.32 Å². The lowest BCUT2D eigenvalue weighted by molar-refractivity contribution is 0.141. The zero-order chi connectivity index (χ0) is 14.4. The number of anilines is 1. The zero-order valence-electron chi connectivity index (χ0n) is 11.7. The number of carbonyl (C=O) groups is 1. The van der Waals surface area contributed by atoms with Gasteiger partial charge in [-0.2, -0.15) is 0 Å². The molecule has 1 aliphatic heterocycles. The second-order valence-corrected chi connectivity index (χ2v) is 5.19. The minimum atomic E-state index is -0.0858. The molecule has 5 heteroatoms. The molecule has 0 bridgehead atoms. The average Bonchev–Trinajstić information content (AvgIpc) is 2.48. The van der Waals surface area contributed by atoms with E-state index in [1.807, 2.05) is 29.2 Å². The van der Waals surface area contributed by atoms with Crippen LogP contribution in [0.15, 0.2) is 24.3 Å². The number of urea groups is 1. The highest BCUT2D eigenvalue weighted by Crippen LogP contribution is 2.21. The topological polar surface area (TPSA) is 78.6 Å². The number of hydrogen-bond acceptors (Lipinski definition) is 3. The predicted octanol–water partition coefficient (Wildman–Crippen LogP) is 1.91. The van der Waals surface area contributed by atoms with Crippen LogP contribution in [0.25, 0.3) is 0 Å². The van der Waals surface area contributed by atoms with Crippen LogP contribution in [0.2, 0.25) is 0 Å². The lowest BCUT2D eigenvalue weighted by Crippen LogP contribution is -2.46. The number of piperidine rings is 1. The van der Waals surface area contributed by atoms with Crippen LogP contribution in [0, 0.1) is 0 Å². The third kappa shape index (κ3) is 3.71. The summed E-state index contributed by atoms with van der Waals surface area (Å²) in [6.07, 6.45) is 3.77. The predicted molar refractivity (Wildman–Crippen MR) is 79.4 cm³/mol. The van der Waals surface area contributed by atoms with E-state index in [4.69, 9.17) is 10.8 Å². The summed E-state index contributed by atoms with van der Waals surface area (Å²) < 4.78 is 0. The Labute approximate surface area is 119 Å². The van der Waals surface area contributed by atoms with Crippen molar-refractivity contribution >= 4 is 11.7 Å². The van der Waals surface area contributed by atoms with Gasteiger partial charge in [-0.05, 0) is 43.4 Å². The van der Waals surface area contributed by atoms with Crippen molar-refractivity contribution in [2.24, 2.45) is 5.73 Å². The SMILES string of the molecule is NCc1cccc(NC(=O)N2CCCCC2CCO)c1. The number of amides is 2. The monoisotopic (exact) mass is 277 g/mol. The molecule has 1 unspecified atom stereocenters. The minimum absolute atomic E-state index is 0.0858. The second kappa shape index (κ2) is 7.26. The molecule has 0 aromatic heterocycles. The number of hydrogen-bond donors (Lipinski definition) is 3. The molecule has 1 aliphatic rings. The fourth-order valence-corrected chi connectivity index (χ4v) is 2.69. The molecule has 1 saturated heterocycles. The van der Waals surface area contributed by atoms with Crippen LogP contribution < -0.4 is 11.1 Å². The fraction of sp³-hybridized carbons (Fsp3) is 0.533. The number of carbonyl (C=O) groups excluding carboxylic acids is 1. The van der Waals surface area contributed by atoms with Gasteiger partial charge in [0, 0.05) is 31.4 Å². The van der Waals surface area contributed by atoms with Gasteiger partial charge in [0.2, 0.25) is 0 Å². The van der Waals surface area contributed by atoms with Crippen LogP contribution in [0.4, 0.5) is 10.5 Å². The molecule has 0 radical (unpaired) electrons. The van der Waals surface area contributed by atoms with E-state index in [9.17, 15) is 4.79 Å². The van der Waals surface area contributed by atoms with Crippen LogP contribution >= 0.6 is 0 Å². The van der Waals surface area contributed by atoms with E-state index in [0.29, 0.717) is 13.0 Å². The fourth-order valence-electron chi connectivity index (χ4n) is 2.69. The molecule has 1 atom stereocenters. The molecule has 4 N–H and O–H groups in total. The van der Waals surface area contributed by atoms with Gasteiger partial charge in [-0.3, -0.25) is 0 Å². The summed E-state index contributed by atoms with van der Waals surface area (Å²) in [5.74, 6) is 0. The van der Waals surface area contributed by atoms with Gasteiger partial charge >= 0.3 is 6.03 Å². The Morgan fingerprint density at radius 1 is 1.45 bits per heavy atom. The summed E-state index contributed by atoms with van der Waals surface area (Å²) in [5, 5.41) is 12.0. The summed E-state index contributed by atoms with van der Waals surface area (Å²) in [5.41, 5.74) is 7.37. The van der Waals surface area contributed by atoms with E-state index >= 15 is 0 Å². The summed E-state index contributed by atoms with van der Waals surface area (Å²) in [6.45, 7) is 1.34. The van der Waals surface area contributed by atoms with Crippen LogP contribution in [-0.4, -0.2) is 35.2 Å². The summed E-state index contributed by atoms with van der Waals surface area (Å²) >= 11 is 0. The van der Waals surface area contributed by atoms with Crippen molar-refractivity contribution in [3.8, 4) is 0 Å². The lowest BCUT2D eigenvalue weighted by atomic mass is 10.0. The standard InChI is InChI=1S/C15H23N3O2/c16-11-12-4-3-5-13(10-12)17-15(20)18-8-2-1-6-14(18)7-9-19/h3-5,10,14,19H,1-2,6-9,11,16H2,(H,17,20). The second-order valence-electron chi connectivity index (χ2n) is 5.19. The number of nitrogens with two attached hydrogens (primary N) is 1. The van der Waals surface area contributed by atoms with Gasteiger partial charge in [-0.1, -0.05) is 12.1 Å². The van der Waals surface area contributed by atoms with Gasteiger partial charge in [-0.15, -0.1) is 0 Å². The third-order valence-electron chi connectivity index (χ3n) is 3.76. The Morgan fingerprint density at radius 2 is 2.30 bits per heavy atom. The van der Waals surface area contributed by atoms with Crippen molar-refractivity contribution in [3.05, 3.63) is 29.8 Å². The average molecular weight is 277 g/mol. The van der Waals surface area contributed by atoms with Gasteiger partial charge in [0.25, 0.3) is 0 Å². The molecule has 0 saturated carbocycles. The van der Waals surface area contributed by atoms with Crippen LogP contribution in [0.1, 0.15) is 31.2 Å². The highest BCUT2D eigenvalue weighted by Gasteiger charge is 2.26. The van der Waals surface area contributed by atoms with E-state index in [0.717, 1.165) is 37.1 Å². The van der Waals surface area contributed by atoms with Crippen LogP contribution in [0.3, 0.4) is 0 Å². The van der Waals surface area contributed by atoms with Crippen molar-refractivity contribution in [3.63, 3.8) is 0 Å². The maximum absolute atomic E-state index is 12.4. The van der Waals surface area contributed by atoms with Gasteiger partial charge < -0.3 is 21.1 Å². The van der Waals surface area contributed by atoms with E-state index in [1.165, 1.54) is 0 Å². The minimum Gasteiger partial charge on any atom is -0.396 e. The first-order valence-electron chi connectivity index (χ1n) is 7.22. The molecule has 20 heavy (non-hydrogen) atoms. The first-order valence-corrected chi connectivity index (χ1v) is 7.22. The number of aliphatic hydroxyl groups excluding tert-OH is 1. The molecule has 1 aromatic carbocycles. The number of aliphatic hydroxyl groups is 1. The van der Waals surface area contributed by atoms with E-state index in [-0.39, 0.29) is 18.7 Å². The number of nitrogens with zero attached hydrogens (tertiary/aromatic N) is 1. The first kappa shape index (κ1) is 14.8. The van der Waals surface area contributed by atoms with Crippen molar-refractivity contribution in [2.45, 2.75) is 38.3 Å². The van der Waals surface area contributed by atoms with Crippen molar-refractivity contribution in [2.75, 3.05) is 18.5 Å². The number of rotatable bonds is 4. The molecule has 2 rings (SSSR count). The molecule has 1 fully saturated rings. The maximum Gasteiger partial charge on any atom is 0.322 e. The normalized spacial score (nSPS) is 18.9. The molecular weight excluding hydrogens is 254 g/mol.